The molecule has 2 aromatic rings. The molecular formula is C21H23NO4S2. The van der Waals surface area contributed by atoms with Gasteiger partial charge in [0.15, 0.2) is 5.76 Å². The highest BCUT2D eigenvalue weighted by molar-refractivity contribution is 8.20. The lowest BCUT2D eigenvalue weighted by Crippen LogP contribution is -2.21. The van der Waals surface area contributed by atoms with Gasteiger partial charge in [0.05, 0.1) is 21.9 Å². The lowest BCUT2D eigenvalue weighted by atomic mass is 9.94. The smallest absolute Gasteiger partial charge is 0.340 e. The quantitative estimate of drug-likeness (QED) is 0.707. The number of furan rings is 1. The number of hydrogen-bond acceptors (Lipinski definition) is 6. The number of esters is 1. The molecule has 5 nitrogen and oxygen atoms in total. The minimum atomic E-state index is -0.452. The third-order valence-electron chi connectivity index (χ3n) is 5.14. The monoisotopic (exact) mass is 417 g/mol. The summed E-state index contributed by atoms with van der Waals surface area (Å²) in [6.07, 6.45) is 3.06. The third-order valence-corrected chi connectivity index (χ3v) is 8.67. The van der Waals surface area contributed by atoms with Gasteiger partial charge < -0.3 is 14.5 Å². The Morgan fingerprint density at radius 3 is 2.75 bits per heavy atom. The molecule has 1 amide bonds. The number of benzene rings is 1. The van der Waals surface area contributed by atoms with Gasteiger partial charge in [0.2, 0.25) is 0 Å². The van der Waals surface area contributed by atoms with Crippen molar-refractivity contribution in [2.75, 3.05) is 23.4 Å². The topological polar surface area (TPSA) is 68.5 Å². The van der Waals surface area contributed by atoms with Crippen LogP contribution in [0.1, 0.15) is 57.6 Å². The standard InChI is InChI=1S/C21H23NO4S2/c1-3-25-20(24)14-7-4-5-8-15(14)22-19(23)18-13(2)17-16(26-18)9-6-10-21(17)27-11-12-28-21/h4-5,7-8H,3,6,9-12H2,1-2H3,(H,22,23). The lowest BCUT2D eigenvalue weighted by Gasteiger charge is -2.31. The van der Waals surface area contributed by atoms with Crippen LogP contribution in [0.25, 0.3) is 0 Å². The maximum atomic E-state index is 13.0. The van der Waals surface area contributed by atoms with E-state index in [4.69, 9.17) is 9.15 Å². The van der Waals surface area contributed by atoms with E-state index < -0.39 is 5.97 Å². The molecule has 0 atom stereocenters. The second-order valence-electron chi connectivity index (χ2n) is 6.88. The van der Waals surface area contributed by atoms with Crippen LogP contribution in [0.3, 0.4) is 0 Å². The number of hydrogen-bond donors (Lipinski definition) is 1. The number of fused-ring (bicyclic) bond motifs is 2. The Morgan fingerprint density at radius 1 is 1.25 bits per heavy atom. The van der Waals surface area contributed by atoms with Crippen LogP contribution in [0.4, 0.5) is 5.69 Å². The molecule has 4 rings (SSSR count). The Morgan fingerprint density at radius 2 is 2.00 bits per heavy atom. The van der Waals surface area contributed by atoms with Crippen LogP contribution in [0.5, 0.6) is 0 Å². The van der Waals surface area contributed by atoms with E-state index in [-0.39, 0.29) is 16.6 Å². The molecule has 2 aliphatic rings. The number of carbonyl (C=O) groups is 2. The number of para-hydroxylation sites is 1. The van der Waals surface area contributed by atoms with Gasteiger partial charge in [-0.3, -0.25) is 4.79 Å². The van der Waals surface area contributed by atoms with E-state index >= 15 is 0 Å². The Bertz CT molecular complexity index is 915. The van der Waals surface area contributed by atoms with Crippen LogP contribution >= 0.6 is 23.5 Å². The van der Waals surface area contributed by atoms with E-state index in [9.17, 15) is 9.59 Å². The highest BCUT2D eigenvalue weighted by Gasteiger charge is 2.45. The fourth-order valence-electron chi connectivity index (χ4n) is 3.97. The summed E-state index contributed by atoms with van der Waals surface area (Å²) < 4.78 is 11.2. The summed E-state index contributed by atoms with van der Waals surface area (Å²) in [6, 6.07) is 6.87. The molecule has 1 aromatic carbocycles. The minimum Gasteiger partial charge on any atom is -0.462 e. The first kappa shape index (κ1) is 19.5. The van der Waals surface area contributed by atoms with Crippen molar-refractivity contribution in [3.8, 4) is 0 Å². The molecule has 0 bridgehead atoms. The molecule has 0 radical (unpaired) electrons. The van der Waals surface area contributed by atoms with Gasteiger partial charge in [-0.15, -0.1) is 23.5 Å². The van der Waals surface area contributed by atoms with Crippen molar-refractivity contribution in [1.82, 2.24) is 0 Å². The normalized spacial score (nSPS) is 17.4. The van der Waals surface area contributed by atoms with Crippen molar-refractivity contribution in [3.63, 3.8) is 0 Å². The zero-order valence-electron chi connectivity index (χ0n) is 16.0. The van der Waals surface area contributed by atoms with Gasteiger partial charge in [-0.05, 0) is 38.8 Å². The summed E-state index contributed by atoms with van der Waals surface area (Å²) in [5.74, 6) is 2.76. The van der Waals surface area contributed by atoms with Crippen LogP contribution in [-0.4, -0.2) is 30.0 Å². The van der Waals surface area contributed by atoms with E-state index in [1.54, 1.807) is 31.2 Å². The molecule has 148 valence electrons. The van der Waals surface area contributed by atoms with E-state index in [1.807, 2.05) is 30.4 Å². The SMILES string of the molecule is CCOC(=O)c1ccccc1NC(=O)c1oc2c(c1C)C1(CCC2)SCCS1. The number of thioether (sulfide) groups is 2. The van der Waals surface area contributed by atoms with Crippen molar-refractivity contribution in [1.29, 1.82) is 0 Å². The Labute approximate surface area is 173 Å². The van der Waals surface area contributed by atoms with Gasteiger partial charge in [0, 0.05) is 29.1 Å². The van der Waals surface area contributed by atoms with Gasteiger partial charge in [-0.25, -0.2) is 4.79 Å². The Kier molecular flexibility index (Phi) is 5.47. The summed E-state index contributed by atoms with van der Waals surface area (Å²) >= 11 is 3.95. The Balaban J connectivity index is 1.64. The van der Waals surface area contributed by atoms with Crippen LogP contribution in [0.15, 0.2) is 28.7 Å². The van der Waals surface area contributed by atoms with Crippen LogP contribution < -0.4 is 5.32 Å². The summed E-state index contributed by atoms with van der Waals surface area (Å²) in [4.78, 5) is 25.2. The number of carbonyl (C=O) groups excluding carboxylic acids is 2. The molecule has 0 unspecified atom stereocenters. The molecule has 1 aliphatic carbocycles. The average Bonchev–Trinajstić information content (AvgIpc) is 3.28. The molecule has 1 aliphatic heterocycles. The van der Waals surface area contributed by atoms with Crippen molar-refractivity contribution in [2.45, 2.75) is 37.2 Å². The van der Waals surface area contributed by atoms with Crippen molar-refractivity contribution >= 4 is 41.1 Å². The van der Waals surface area contributed by atoms with Crippen molar-refractivity contribution in [2.24, 2.45) is 0 Å². The van der Waals surface area contributed by atoms with Crippen LogP contribution in [-0.2, 0) is 15.2 Å². The van der Waals surface area contributed by atoms with Gasteiger partial charge in [-0.2, -0.15) is 0 Å². The number of aryl methyl sites for hydroxylation is 1. The summed E-state index contributed by atoms with van der Waals surface area (Å²) in [5, 5.41) is 2.85. The molecule has 7 heteroatoms. The minimum absolute atomic E-state index is 0.0303. The number of anilines is 1. The number of ether oxygens (including phenoxy) is 1. The van der Waals surface area contributed by atoms with E-state index in [0.717, 1.165) is 42.1 Å². The van der Waals surface area contributed by atoms with Gasteiger partial charge in [0.25, 0.3) is 5.91 Å². The number of amides is 1. The highest BCUT2D eigenvalue weighted by Crippen LogP contribution is 2.59. The largest absolute Gasteiger partial charge is 0.462 e. The average molecular weight is 418 g/mol. The number of nitrogens with one attached hydrogen (secondary N) is 1. The molecule has 1 spiro atoms. The molecular weight excluding hydrogens is 394 g/mol. The maximum absolute atomic E-state index is 13.0. The summed E-state index contributed by atoms with van der Waals surface area (Å²) in [5.41, 5.74) is 2.89. The van der Waals surface area contributed by atoms with E-state index in [2.05, 4.69) is 5.32 Å². The highest BCUT2D eigenvalue weighted by atomic mass is 32.2. The molecule has 1 N–H and O–H groups in total. The predicted octanol–water partition coefficient (Wildman–Crippen LogP) is 4.99. The molecule has 1 saturated heterocycles. The lowest BCUT2D eigenvalue weighted by molar-refractivity contribution is 0.0527. The van der Waals surface area contributed by atoms with Crippen molar-refractivity contribution in [3.05, 3.63) is 52.5 Å². The first-order valence-electron chi connectivity index (χ1n) is 9.54. The molecule has 2 heterocycles. The predicted molar refractivity (Wildman–Crippen MR) is 113 cm³/mol. The first-order valence-corrected chi connectivity index (χ1v) is 11.5. The van der Waals surface area contributed by atoms with Crippen molar-refractivity contribution < 1.29 is 18.7 Å². The van der Waals surface area contributed by atoms with E-state index in [1.165, 1.54) is 5.56 Å². The van der Waals surface area contributed by atoms with Crippen LogP contribution in [0, 0.1) is 6.92 Å². The summed E-state index contributed by atoms with van der Waals surface area (Å²) in [7, 11) is 0. The molecule has 1 fully saturated rings. The molecule has 1 aromatic heterocycles. The van der Waals surface area contributed by atoms with Gasteiger partial charge >= 0.3 is 5.97 Å². The fourth-order valence-corrected chi connectivity index (χ4v) is 7.53. The molecule has 0 saturated carbocycles. The second-order valence-corrected chi connectivity index (χ2v) is 9.92. The fraction of sp³-hybridized carbons (Fsp3) is 0.429. The number of rotatable bonds is 4. The second kappa shape index (κ2) is 7.87. The first-order chi connectivity index (χ1) is 13.6. The van der Waals surface area contributed by atoms with Crippen LogP contribution in [0.2, 0.25) is 0 Å². The Hall–Kier alpha value is -1.86. The van der Waals surface area contributed by atoms with Gasteiger partial charge in [0.1, 0.15) is 5.76 Å². The zero-order valence-corrected chi connectivity index (χ0v) is 17.6. The van der Waals surface area contributed by atoms with Gasteiger partial charge in [-0.1, -0.05) is 12.1 Å². The summed E-state index contributed by atoms with van der Waals surface area (Å²) in [6.45, 7) is 4.01. The van der Waals surface area contributed by atoms with E-state index in [0.29, 0.717) is 17.0 Å². The molecule has 28 heavy (non-hydrogen) atoms. The zero-order chi connectivity index (χ0) is 19.7. The maximum Gasteiger partial charge on any atom is 0.340 e. The third kappa shape index (κ3) is 3.35.